The maximum atomic E-state index is 5.22. The van der Waals surface area contributed by atoms with E-state index in [9.17, 15) is 0 Å². The summed E-state index contributed by atoms with van der Waals surface area (Å²) in [6.45, 7) is 4.24. The quantitative estimate of drug-likeness (QED) is 0.760. The normalized spacial score (nSPS) is 16.2. The molecule has 4 nitrogen and oxygen atoms in total. The molecule has 3 rings (SSSR count). The molecular weight excluding hydrogens is 322 g/mol. The molecule has 0 N–H and O–H groups in total. The number of hydrogen-bond acceptors (Lipinski definition) is 4. The fraction of sp³-hybridized carbons (Fsp3) is 0.500. The van der Waals surface area contributed by atoms with Crippen LogP contribution in [-0.4, -0.2) is 49.1 Å². The molecule has 1 aliphatic rings. The maximum Gasteiger partial charge on any atom is 0.213 e. The Balaban J connectivity index is 1.46. The third-order valence-electron chi connectivity index (χ3n) is 5.13. The van der Waals surface area contributed by atoms with Gasteiger partial charge in [-0.2, -0.15) is 0 Å². The number of rotatable bonds is 7. The summed E-state index contributed by atoms with van der Waals surface area (Å²) < 4.78 is 5.22. The summed E-state index contributed by atoms with van der Waals surface area (Å²) in [4.78, 5) is 9.26. The number of hydrogen-bond donors (Lipinski definition) is 0. The van der Waals surface area contributed by atoms with Gasteiger partial charge in [0.15, 0.2) is 0 Å². The van der Waals surface area contributed by atoms with Gasteiger partial charge in [-0.1, -0.05) is 30.3 Å². The van der Waals surface area contributed by atoms with Crippen LogP contribution in [0.2, 0.25) is 0 Å². The second kappa shape index (κ2) is 9.15. The lowest BCUT2D eigenvalue weighted by Gasteiger charge is -2.31. The van der Waals surface area contributed by atoms with E-state index in [1.54, 1.807) is 7.11 Å². The van der Waals surface area contributed by atoms with Crippen molar-refractivity contribution in [3.8, 4) is 5.88 Å². The van der Waals surface area contributed by atoms with Gasteiger partial charge in [0, 0.05) is 19.2 Å². The van der Waals surface area contributed by atoms with E-state index >= 15 is 0 Å². The molecule has 4 heteroatoms. The van der Waals surface area contributed by atoms with Gasteiger partial charge < -0.3 is 9.64 Å². The highest BCUT2D eigenvalue weighted by Crippen LogP contribution is 2.23. The van der Waals surface area contributed by atoms with Crippen LogP contribution in [0.4, 0.5) is 0 Å². The second-order valence-corrected chi connectivity index (χ2v) is 7.65. The standard InChI is InChI=1S/C22H31N3O/c1-24(2)16-20-9-7-18(8-10-20)15-19-11-13-25(14-12-19)17-21-5-4-6-22(23-21)26-3/h4-10,19H,11-17H2,1-3H3. The Morgan fingerprint density at radius 2 is 1.73 bits per heavy atom. The first kappa shape index (κ1) is 18.9. The molecule has 0 radical (unpaired) electrons. The molecule has 1 aliphatic heterocycles. The van der Waals surface area contributed by atoms with E-state index in [1.165, 1.54) is 30.4 Å². The highest BCUT2D eigenvalue weighted by molar-refractivity contribution is 5.23. The lowest BCUT2D eigenvalue weighted by atomic mass is 9.90. The van der Waals surface area contributed by atoms with Crippen LogP contribution < -0.4 is 4.74 Å². The fourth-order valence-electron chi connectivity index (χ4n) is 3.72. The number of benzene rings is 1. The average Bonchev–Trinajstić information content (AvgIpc) is 2.65. The Labute approximate surface area is 157 Å². The summed E-state index contributed by atoms with van der Waals surface area (Å²) in [5, 5.41) is 0. The SMILES string of the molecule is COc1cccc(CN2CCC(Cc3ccc(CN(C)C)cc3)CC2)n1. The first-order chi connectivity index (χ1) is 12.6. The maximum absolute atomic E-state index is 5.22. The van der Waals surface area contributed by atoms with Gasteiger partial charge in [-0.05, 0) is 69.6 Å². The molecule has 0 atom stereocenters. The molecule has 2 heterocycles. The third-order valence-corrected chi connectivity index (χ3v) is 5.13. The monoisotopic (exact) mass is 353 g/mol. The van der Waals surface area contributed by atoms with E-state index in [-0.39, 0.29) is 0 Å². The molecule has 1 aromatic carbocycles. The van der Waals surface area contributed by atoms with Crippen LogP contribution in [0.15, 0.2) is 42.5 Å². The predicted octanol–water partition coefficient (Wildman–Crippen LogP) is 3.61. The highest BCUT2D eigenvalue weighted by Gasteiger charge is 2.20. The van der Waals surface area contributed by atoms with Crippen LogP contribution in [-0.2, 0) is 19.5 Å². The van der Waals surface area contributed by atoms with Crippen LogP contribution in [0.1, 0.15) is 29.7 Å². The zero-order chi connectivity index (χ0) is 18.4. The number of aromatic nitrogens is 1. The van der Waals surface area contributed by atoms with Crippen molar-refractivity contribution < 1.29 is 4.74 Å². The van der Waals surface area contributed by atoms with Crippen molar-refractivity contribution in [3.63, 3.8) is 0 Å². The van der Waals surface area contributed by atoms with Crippen molar-refractivity contribution in [2.75, 3.05) is 34.3 Å². The lowest BCUT2D eigenvalue weighted by molar-refractivity contribution is 0.175. The Hall–Kier alpha value is -1.91. The van der Waals surface area contributed by atoms with E-state index in [0.717, 1.165) is 37.8 Å². The van der Waals surface area contributed by atoms with Crippen LogP contribution in [0.5, 0.6) is 5.88 Å². The van der Waals surface area contributed by atoms with Gasteiger partial charge in [0.05, 0.1) is 12.8 Å². The molecular formula is C22H31N3O. The molecule has 0 bridgehead atoms. The van der Waals surface area contributed by atoms with Gasteiger partial charge >= 0.3 is 0 Å². The largest absolute Gasteiger partial charge is 0.481 e. The van der Waals surface area contributed by atoms with E-state index in [1.807, 2.05) is 12.1 Å². The third kappa shape index (κ3) is 5.55. The number of piperidine rings is 1. The predicted molar refractivity (Wildman–Crippen MR) is 106 cm³/mol. The minimum atomic E-state index is 0.704. The first-order valence-corrected chi connectivity index (χ1v) is 9.57. The van der Waals surface area contributed by atoms with Gasteiger partial charge in [0.25, 0.3) is 0 Å². The molecule has 1 aromatic heterocycles. The zero-order valence-electron chi connectivity index (χ0n) is 16.3. The summed E-state index contributed by atoms with van der Waals surface area (Å²) in [7, 11) is 5.90. The van der Waals surface area contributed by atoms with Crippen LogP contribution in [0.3, 0.4) is 0 Å². The van der Waals surface area contributed by atoms with Gasteiger partial charge in [0.1, 0.15) is 0 Å². The van der Waals surface area contributed by atoms with Crippen molar-refractivity contribution in [2.45, 2.75) is 32.4 Å². The summed E-state index contributed by atoms with van der Waals surface area (Å²) >= 11 is 0. The number of methoxy groups -OCH3 is 1. The molecule has 140 valence electrons. The number of likely N-dealkylation sites (tertiary alicyclic amines) is 1. The Morgan fingerprint density at radius 1 is 1.04 bits per heavy atom. The fourth-order valence-corrected chi connectivity index (χ4v) is 3.72. The van der Waals surface area contributed by atoms with Gasteiger partial charge in [-0.15, -0.1) is 0 Å². The van der Waals surface area contributed by atoms with Crippen molar-refractivity contribution >= 4 is 0 Å². The second-order valence-electron chi connectivity index (χ2n) is 7.65. The minimum absolute atomic E-state index is 0.704. The van der Waals surface area contributed by atoms with Gasteiger partial charge in [-0.3, -0.25) is 4.90 Å². The molecule has 26 heavy (non-hydrogen) atoms. The average molecular weight is 354 g/mol. The molecule has 0 spiro atoms. The van der Waals surface area contributed by atoms with E-state index in [0.29, 0.717) is 5.88 Å². The molecule has 1 fully saturated rings. The van der Waals surface area contributed by atoms with E-state index in [2.05, 4.69) is 59.2 Å². The molecule has 0 amide bonds. The topological polar surface area (TPSA) is 28.6 Å². The minimum Gasteiger partial charge on any atom is -0.481 e. The first-order valence-electron chi connectivity index (χ1n) is 9.57. The van der Waals surface area contributed by atoms with Gasteiger partial charge in [0.2, 0.25) is 5.88 Å². The Morgan fingerprint density at radius 3 is 2.38 bits per heavy atom. The lowest BCUT2D eigenvalue weighted by Crippen LogP contribution is -2.34. The van der Waals surface area contributed by atoms with Crippen LogP contribution in [0, 0.1) is 5.92 Å². The molecule has 1 saturated heterocycles. The summed E-state index contributed by atoms with van der Waals surface area (Å²) in [6.07, 6.45) is 3.74. The van der Waals surface area contributed by atoms with E-state index < -0.39 is 0 Å². The van der Waals surface area contributed by atoms with Crippen molar-refractivity contribution in [2.24, 2.45) is 5.92 Å². The van der Waals surface area contributed by atoms with Crippen LogP contribution >= 0.6 is 0 Å². The number of ether oxygens (including phenoxy) is 1. The molecule has 2 aromatic rings. The molecule has 0 aliphatic carbocycles. The molecule has 0 saturated carbocycles. The summed E-state index contributed by atoms with van der Waals surface area (Å²) in [6, 6.07) is 15.2. The Bertz CT molecular complexity index is 676. The highest BCUT2D eigenvalue weighted by atomic mass is 16.5. The summed E-state index contributed by atoms with van der Waals surface area (Å²) in [5.41, 5.74) is 3.96. The van der Waals surface area contributed by atoms with Crippen molar-refractivity contribution in [1.82, 2.24) is 14.8 Å². The summed E-state index contributed by atoms with van der Waals surface area (Å²) in [5.74, 6) is 1.50. The van der Waals surface area contributed by atoms with Crippen molar-refractivity contribution in [3.05, 3.63) is 59.3 Å². The van der Waals surface area contributed by atoms with E-state index in [4.69, 9.17) is 4.74 Å². The number of pyridine rings is 1. The van der Waals surface area contributed by atoms with Gasteiger partial charge in [-0.25, -0.2) is 4.98 Å². The van der Waals surface area contributed by atoms with Crippen LogP contribution in [0.25, 0.3) is 0 Å². The number of nitrogens with zero attached hydrogens (tertiary/aromatic N) is 3. The van der Waals surface area contributed by atoms with Crippen molar-refractivity contribution in [1.29, 1.82) is 0 Å². The zero-order valence-corrected chi connectivity index (χ0v) is 16.3. The smallest absolute Gasteiger partial charge is 0.213 e. The molecule has 0 unspecified atom stereocenters. The Kier molecular flexibility index (Phi) is 6.64.